The van der Waals surface area contributed by atoms with Crippen molar-refractivity contribution in [3.8, 4) is 0 Å². The summed E-state index contributed by atoms with van der Waals surface area (Å²) in [5.74, 6) is -0.668. The first-order valence-corrected chi connectivity index (χ1v) is 13.1. The van der Waals surface area contributed by atoms with Crippen LogP contribution in [0.4, 0.5) is 0 Å². The van der Waals surface area contributed by atoms with E-state index in [1.165, 1.54) is 0 Å². The van der Waals surface area contributed by atoms with Crippen LogP contribution in [0.1, 0.15) is 37.7 Å². The summed E-state index contributed by atoms with van der Waals surface area (Å²) in [6.07, 6.45) is 3.70. The lowest BCUT2D eigenvalue weighted by Gasteiger charge is -2.42. The van der Waals surface area contributed by atoms with E-state index in [0.29, 0.717) is 31.3 Å². The van der Waals surface area contributed by atoms with Gasteiger partial charge in [0.25, 0.3) is 0 Å². The molecule has 0 amide bonds. The molecule has 3 aliphatic rings. The van der Waals surface area contributed by atoms with Gasteiger partial charge in [-0.15, -0.1) is 0 Å². The van der Waals surface area contributed by atoms with Crippen LogP contribution in [-0.4, -0.2) is 73.2 Å². The van der Waals surface area contributed by atoms with Gasteiger partial charge in [-0.3, -0.25) is 14.5 Å². The molecule has 1 aromatic rings. The quantitative estimate of drug-likeness (QED) is 0.459. The number of fused-ring (bicyclic) bond motifs is 1. The molecule has 2 heterocycles. The van der Waals surface area contributed by atoms with Crippen LogP contribution in [0.2, 0.25) is 0 Å². The monoisotopic (exact) mass is 479 g/mol. The van der Waals surface area contributed by atoms with E-state index in [1.807, 2.05) is 11.8 Å². The van der Waals surface area contributed by atoms with Crippen molar-refractivity contribution in [2.75, 3.05) is 19.6 Å². The summed E-state index contributed by atoms with van der Waals surface area (Å²) in [5.41, 5.74) is 0.963. The van der Waals surface area contributed by atoms with Crippen LogP contribution in [-0.2, 0) is 19.6 Å². The van der Waals surface area contributed by atoms with Gasteiger partial charge < -0.3 is 15.5 Å². The first-order chi connectivity index (χ1) is 15.6. The number of nitrogens with one attached hydrogen (secondary N) is 2. The van der Waals surface area contributed by atoms with Gasteiger partial charge in [0.1, 0.15) is 12.1 Å². The Morgan fingerprint density at radius 3 is 2.45 bits per heavy atom. The number of sulfonamides is 1. The van der Waals surface area contributed by atoms with E-state index < -0.39 is 40.1 Å². The van der Waals surface area contributed by atoms with Gasteiger partial charge >= 0.3 is 11.9 Å². The summed E-state index contributed by atoms with van der Waals surface area (Å²) in [4.78, 5) is 25.4. The van der Waals surface area contributed by atoms with Gasteiger partial charge in [0.15, 0.2) is 0 Å². The van der Waals surface area contributed by atoms with Crippen LogP contribution in [0.5, 0.6) is 0 Å². The molecule has 0 radical (unpaired) electrons. The standard InChI is InChI=1S/C23H33N3O6S/c1-14-2-6-19(7-3-14)33(31,32)25-18-10-21(23(29)30)26(13-18)12-15-4-5-16-11-24-20(22(27)28)9-17(16)8-15/h2-3,6-7,15-18,20-21,24-25H,4-5,8-13H2,1H3,(H,27,28)(H,29,30)/t15-,16-,17+,18-,20-,21-/m0/s1. The maximum Gasteiger partial charge on any atom is 0.320 e. The number of carbonyl (C=O) groups is 2. The van der Waals surface area contributed by atoms with E-state index in [4.69, 9.17) is 0 Å². The van der Waals surface area contributed by atoms with Crippen molar-refractivity contribution < 1.29 is 28.2 Å². The van der Waals surface area contributed by atoms with Gasteiger partial charge in [-0.25, -0.2) is 13.1 Å². The van der Waals surface area contributed by atoms with Crippen LogP contribution < -0.4 is 10.0 Å². The molecule has 1 aliphatic carbocycles. The number of carboxylic acid groups (broad SMARTS) is 2. The van der Waals surface area contributed by atoms with Gasteiger partial charge in [0.2, 0.25) is 10.0 Å². The van der Waals surface area contributed by atoms with E-state index in [2.05, 4.69) is 10.0 Å². The molecule has 0 bridgehead atoms. The minimum atomic E-state index is -3.73. The Hall–Kier alpha value is -2.01. The summed E-state index contributed by atoms with van der Waals surface area (Å²) in [6, 6.07) is 4.88. The molecule has 182 valence electrons. The summed E-state index contributed by atoms with van der Waals surface area (Å²) in [6.45, 7) is 3.55. The van der Waals surface area contributed by atoms with Crippen molar-refractivity contribution in [1.29, 1.82) is 0 Å². The number of benzene rings is 1. The highest BCUT2D eigenvalue weighted by atomic mass is 32.2. The van der Waals surface area contributed by atoms with E-state index >= 15 is 0 Å². The fraction of sp³-hybridized carbons (Fsp3) is 0.652. The number of hydrogen-bond acceptors (Lipinski definition) is 6. The van der Waals surface area contributed by atoms with Crippen LogP contribution in [0.3, 0.4) is 0 Å². The predicted molar refractivity (Wildman–Crippen MR) is 121 cm³/mol. The summed E-state index contributed by atoms with van der Waals surface area (Å²) < 4.78 is 28.3. The number of aliphatic carboxylic acids is 2. The normalized spacial score (nSPS) is 32.9. The SMILES string of the molecule is Cc1ccc(S(=O)(=O)N[C@H]2C[C@@H](C(=O)O)N(C[C@H]3CC[C@H]4CN[C@H](C(=O)O)C[C@H]4C3)C2)cc1. The Morgan fingerprint density at radius 1 is 1.06 bits per heavy atom. The van der Waals surface area contributed by atoms with Gasteiger partial charge in [-0.1, -0.05) is 17.7 Å². The van der Waals surface area contributed by atoms with Crippen molar-refractivity contribution >= 4 is 22.0 Å². The van der Waals surface area contributed by atoms with Gasteiger partial charge in [-0.2, -0.15) is 0 Å². The highest BCUT2D eigenvalue weighted by molar-refractivity contribution is 7.89. The second-order valence-electron chi connectivity index (χ2n) is 9.91. The Labute approximate surface area is 194 Å². The molecule has 0 aromatic heterocycles. The van der Waals surface area contributed by atoms with Gasteiger partial charge in [0, 0.05) is 19.1 Å². The maximum absolute atomic E-state index is 12.8. The zero-order chi connectivity index (χ0) is 23.8. The maximum atomic E-state index is 12.8. The fourth-order valence-corrected chi connectivity index (χ4v) is 7.04. The van der Waals surface area contributed by atoms with E-state index in [1.54, 1.807) is 24.3 Å². The predicted octanol–water partition coefficient (Wildman–Crippen LogP) is 1.28. The fourth-order valence-electron chi connectivity index (χ4n) is 5.80. The van der Waals surface area contributed by atoms with Crippen LogP contribution >= 0.6 is 0 Å². The number of piperidine rings is 1. The highest BCUT2D eigenvalue weighted by Gasteiger charge is 2.42. The van der Waals surface area contributed by atoms with Crippen molar-refractivity contribution in [1.82, 2.24) is 14.9 Å². The second-order valence-corrected chi connectivity index (χ2v) is 11.6. The molecule has 1 saturated carbocycles. The van der Waals surface area contributed by atoms with Crippen LogP contribution in [0.25, 0.3) is 0 Å². The molecule has 9 nitrogen and oxygen atoms in total. The molecular formula is C23H33N3O6S. The second kappa shape index (κ2) is 9.69. The Bertz CT molecular complexity index is 982. The van der Waals surface area contributed by atoms with E-state index in [0.717, 1.165) is 31.4 Å². The van der Waals surface area contributed by atoms with E-state index in [-0.39, 0.29) is 17.2 Å². The summed E-state index contributed by atoms with van der Waals surface area (Å²) in [5, 5.41) is 22.2. The highest BCUT2D eigenvalue weighted by Crippen LogP contribution is 2.39. The summed E-state index contributed by atoms with van der Waals surface area (Å²) in [7, 11) is -3.73. The zero-order valence-electron chi connectivity index (χ0n) is 18.8. The van der Waals surface area contributed by atoms with Crippen molar-refractivity contribution in [2.45, 2.75) is 62.0 Å². The molecule has 2 aliphatic heterocycles. The molecule has 0 spiro atoms. The van der Waals surface area contributed by atoms with Crippen molar-refractivity contribution in [2.24, 2.45) is 17.8 Å². The average Bonchev–Trinajstić information content (AvgIpc) is 3.15. The Balaban J connectivity index is 1.39. The van der Waals surface area contributed by atoms with Crippen molar-refractivity contribution in [3.05, 3.63) is 29.8 Å². The minimum absolute atomic E-state index is 0.177. The number of hydrogen-bond donors (Lipinski definition) is 4. The molecule has 33 heavy (non-hydrogen) atoms. The molecule has 10 heteroatoms. The minimum Gasteiger partial charge on any atom is -0.480 e. The molecule has 1 aromatic carbocycles. The van der Waals surface area contributed by atoms with Crippen LogP contribution in [0.15, 0.2) is 29.2 Å². The molecule has 4 rings (SSSR count). The van der Waals surface area contributed by atoms with Crippen LogP contribution in [0, 0.1) is 24.7 Å². The number of rotatable bonds is 7. The lowest BCUT2D eigenvalue weighted by atomic mass is 9.69. The Morgan fingerprint density at radius 2 is 1.79 bits per heavy atom. The third kappa shape index (κ3) is 5.56. The third-order valence-corrected chi connectivity index (χ3v) is 9.08. The molecule has 6 atom stereocenters. The van der Waals surface area contributed by atoms with Crippen molar-refractivity contribution in [3.63, 3.8) is 0 Å². The lowest BCUT2D eigenvalue weighted by molar-refractivity contribution is -0.143. The molecule has 0 unspecified atom stereocenters. The van der Waals surface area contributed by atoms with E-state index in [9.17, 15) is 28.2 Å². The number of carboxylic acids is 2. The number of aryl methyl sites for hydroxylation is 1. The molecule has 3 fully saturated rings. The third-order valence-electron chi connectivity index (χ3n) is 7.55. The number of likely N-dealkylation sites (tertiary alicyclic amines) is 1. The Kier molecular flexibility index (Phi) is 7.09. The first kappa shape index (κ1) is 24.1. The smallest absolute Gasteiger partial charge is 0.320 e. The van der Waals surface area contributed by atoms with Gasteiger partial charge in [0.05, 0.1) is 4.90 Å². The van der Waals surface area contributed by atoms with Gasteiger partial charge in [-0.05, 0) is 75.5 Å². The average molecular weight is 480 g/mol. The molecule has 4 N–H and O–H groups in total. The largest absolute Gasteiger partial charge is 0.480 e. The summed E-state index contributed by atoms with van der Waals surface area (Å²) >= 11 is 0. The molecular weight excluding hydrogens is 446 g/mol. The lowest BCUT2D eigenvalue weighted by Crippen LogP contribution is -2.50. The number of nitrogens with zero attached hydrogens (tertiary/aromatic N) is 1. The first-order valence-electron chi connectivity index (χ1n) is 11.6. The molecule has 2 saturated heterocycles. The zero-order valence-corrected chi connectivity index (χ0v) is 19.6. The topological polar surface area (TPSA) is 136 Å².